The number of carboxylic acid groups (broad SMARTS) is 1. The van der Waals surface area contributed by atoms with Gasteiger partial charge in [-0.2, -0.15) is 0 Å². The third kappa shape index (κ3) is 2.75. The summed E-state index contributed by atoms with van der Waals surface area (Å²) in [7, 11) is 0. The lowest BCUT2D eigenvalue weighted by atomic mass is 9.84. The third-order valence-corrected chi connectivity index (χ3v) is 5.93. The minimum Gasteiger partial charge on any atom is -0.480 e. The van der Waals surface area contributed by atoms with Gasteiger partial charge in [-0.1, -0.05) is 12.8 Å². The fourth-order valence-electron chi connectivity index (χ4n) is 4.68. The van der Waals surface area contributed by atoms with Gasteiger partial charge in [0.1, 0.15) is 11.9 Å². The Morgan fingerprint density at radius 3 is 2.73 bits per heavy atom. The van der Waals surface area contributed by atoms with Crippen molar-refractivity contribution in [1.29, 1.82) is 0 Å². The smallest absolute Gasteiger partial charge is 0.326 e. The van der Waals surface area contributed by atoms with Crippen LogP contribution in [0.1, 0.15) is 54.4 Å². The molecule has 6 nitrogen and oxygen atoms in total. The fourth-order valence-corrected chi connectivity index (χ4v) is 4.68. The Balaban J connectivity index is 1.69. The van der Waals surface area contributed by atoms with E-state index in [-0.39, 0.29) is 23.4 Å². The zero-order valence-corrected chi connectivity index (χ0v) is 14.3. The van der Waals surface area contributed by atoms with Gasteiger partial charge in [-0.15, -0.1) is 0 Å². The number of carbonyl (C=O) groups is 3. The first-order chi connectivity index (χ1) is 12.5. The maximum absolute atomic E-state index is 14.6. The number of carbonyl (C=O) groups excluding carboxylic acids is 2. The number of hydrogen-bond acceptors (Lipinski definition) is 3. The summed E-state index contributed by atoms with van der Waals surface area (Å²) in [6, 6.07) is 1.61. The van der Waals surface area contributed by atoms with E-state index < -0.39 is 23.7 Å². The largest absolute Gasteiger partial charge is 0.480 e. The van der Waals surface area contributed by atoms with Gasteiger partial charge in [0, 0.05) is 18.2 Å². The molecule has 0 aromatic heterocycles. The summed E-state index contributed by atoms with van der Waals surface area (Å²) in [4.78, 5) is 37.7. The summed E-state index contributed by atoms with van der Waals surface area (Å²) in [6.45, 7) is 0. The van der Waals surface area contributed by atoms with Gasteiger partial charge in [0.15, 0.2) is 0 Å². The minimum atomic E-state index is -1.03. The molecule has 26 heavy (non-hydrogen) atoms. The highest BCUT2D eigenvalue weighted by Crippen LogP contribution is 2.41. The van der Waals surface area contributed by atoms with Gasteiger partial charge >= 0.3 is 5.97 Å². The van der Waals surface area contributed by atoms with Crippen molar-refractivity contribution in [3.8, 4) is 0 Å². The van der Waals surface area contributed by atoms with Crippen LogP contribution in [0.25, 0.3) is 0 Å². The second-order valence-corrected chi connectivity index (χ2v) is 7.45. The number of amides is 2. The molecular formula is C19H21FN2O4. The number of halogens is 1. The first kappa shape index (κ1) is 17.0. The number of benzene rings is 1. The normalized spacial score (nSPS) is 27.5. The van der Waals surface area contributed by atoms with Crippen molar-refractivity contribution in [3.63, 3.8) is 0 Å². The Kier molecular flexibility index (Phi) is 4.17. The minimum absolute atomic E-state index is 0.0997. The summed E-state index contributed by atoms with van der Waals surface area (Å²) in [5.41, 5.74) is 1.00. The van der Waals surface area contributed by atoms with Gasteiger partial charge < -0.3 is 15.3 Å². The molecular weight excluding hydrogens is 339 g/mol. The van der Waals surface area contributed by atoms with Gasteiger partial charge in [-0.3, -0.25) is 9.59 Å². The molecule has 3 aliphatic rings. The highest BCUT2D eigenvalue weighted by molar-refractivity contribution is 6.00. The van der Waals surface area contributed by atoms with E-state index in [1.807, 2.05) is 0 Å². The van der Waals surface area contributed by atoms with E-state index in [0.29, 0.717) is 30.5 Å². The predicted molar refractivity (Wildman–Crippen MR) is 91.3 cm³/mol. The number of likely N-dealkylation sites (tertiary alicyclic amines) is 1. The molecule has 2 N–H and O–H groups in total. The Labute approximate surface area is 150 Å². The van der Waals surface area contributed by atoms with E-state index in [4.69, 9.17) is 0 Å². The molecule has 1 aromatic rings. The molecule has 1 saturated heterocycles. The van der Waals surface area contributed by atoms with E-state index in [2.05, 4.69) is 5.32 Å². The summed E-state index contributed by atoms with van der Waals surface area (Å²) < 4.78 is 14.6. The number of aryl methyl sites for hydroxylation is 1. The SMILES string of the molecule is O=C1CCc2cc(C(=O)N3C(C(=O)O)CC4CCCCC43)c(F)cc2N1. The summed E-state index contributed by atoms with van der Waals surface area (Å²) in [5.74, 6) is -2.30. The maximum atomic E-state index is 14.6. The summed E-state index contributed by atoms with van der Waals surface area (Å²) in [5, 5.41) is 12.2. The van der Waals surface area contributed by atoms with Crippen LogP contribution in [0, 0.1) is 11.7 Å². The fraction of sp³-hybridized carbons (Fsp3) is 0.526. The molecule has 1 aliphatic carbocycles. The molecule has 1 saturated carbocycles. The van der Waals surface area contributed by atoms with E-state index in [0.717, 1.165) is 25.7 Å². The second kappa shape index (κ2) is 6.37. The number of carboxylic acids is 1. The van der Waals surface area contributed by atoms with Crippen LogP contribution in [0.2, 0.25) is 0 Å². The zero-order valence-electron chi connectivity index (χ0n) is 14.3. The van der Waals surface area contributed by atoms with E-state index in [1.54, 1.807) is 0 Å². The van der Waals surface area contributed by atoms with Crippen molar-refractivity contribution in [2.45, 2.75) is 57.0 Å². The standard InChI is InChI=1S/C19H21FN2O4/c20-13-9-14-10(5-6-17(23)21-14)7-12(13)18(24)22-15-4-2-1-3-11(15)8-16(22)19(25)26/h7,9,11,15-16H,1-6,8H2,(H,21,23)(H,25,26). The number of aliphatic carboxylic acids is 1. The van der Waals surface area contributed by atoms with Crippen molar-refractivity contribution >= 4 is 23.5 Å². The van der Waals surface area contributed by atoms with Crippen molar-refractivity contribution in [2.75, 3.05) is 5.32 Å². The summed E-state index contributed by atoms with van der Waals surface area (Å²) >= 11 is 0. The summed E-state index contributed by atoms with van der Waals surface area (Å²) in [6.07, 6.45) is 4.85. The topological polar surface area (TPSA) is 86.7 Å². The molecule has 7 heteroatoms. The van der Waals surface area contributed by atoms with Crippen LogP contribution in [-0.4, -0.2) is 39.9 Å². The van der Waals surface area contributed by atoms with Crippen molar-refractivity contribution in [1.82, 2.24) is 4.90 Å². The van der Waals surface area contributed by atoms with Crippen LogP contribution >= 0.6 is 0 Å². The number of fused-ring (bicyclic) bond motifs is 2. The molecule has 138 valence electrons. The first-order valence-electron chi connectivity index (χ1n) is 9.13. The van der Waals surface area contributed by atoms with Gasteiger partial charge in [-0.05, 0) is 49.3 Å². The lowest BCUT2D eigenvalue weighted by molar-refractivity contribution is -0.141. The number of rotatable bonds is 2. The third-order valence-electron chi connectivity index (χ3n) is 5.93. The zero-order chi connectivity index (χ0) is 18.4. The molecule has 2 heterocycles. The lowest BCUT2D eigenvalue weighted by Crippen LogP contribution is -2.46. The van der Waals surface area contributed by atoms with Crippen LogP contribution in [0.4, 0.5) is 10.1 Å². The Morgan fingerprint density at radius 1 is 1.19 bits per heavy atom. The van der Waals surface area contributed by atoms with Crippen LogP contribution in [0.5, 0.6) is 0 Å². The molecule has 3 atom stereocenters. The molecule has 0 radical (unpaired) electrons. The molecule has 3 unspecified atom stereocenters. The van der Waals surface area contributed by atoms with Crippen LogP contribution in [-0.2, 0) is 16.0 Å². The maximum Gasteiger partial charge on any atom is 0.326 e. The van der Waals surface area contributed by atoms with Gasteiger partial charge in [0.25, 0.3) is 5.91 Å². The molecule has 1 aromatic carbocycles. The molecule has 4 rings (SSSR count). The number of anilines is 1. The number of nitrogens with zero attached hydrogens (tertiary/aromatic N) is 1. The van der Waals surface area contributed by atoms with Gasteiger partial charge in [0.2, 0.25) is 5.91 Å². The Morgan fingerprint density at radius 2 is 1.96 bits per heavy atom. The van der Waals surface area contributed by atoms with Crippen LogP contribution in [0.3, 0.4) is 0 Å². The Bertz CT molecular complexity index is 794. The molecule has 2 fully saturated rings. The highest BCUT2D eigenvalue weighted by Gasteiger charge is 2.48. The van der Waals surface area contributed by atoms with Crippen molar-refractivity contribution in [2.24, 2.45) is 5.92 Å². The average Bonchev–Trinajstić information content (AvgIpc) is 3.00. The number of nitrogens with one attached hydrogen (secondary N) is 1. The van der Waals surface area contributed by atoms with E-state index in [9.17, 15) is 23.9 Å². The Hall–Kier alpha value is -2.44. The van der Waals surface area contributed by atoms with Crippen LogP contribution < -0.4 is 5.32 Å². The van der Waals surface area contributed by atoms with Gasteiger partial charge in [-0.25, -0.2) is 9.18 Å². The first-order valence-corrected chi connectivity index (χ1v) is 9.13. The molecule has 0 bridgehead atoms. The molecule has 2 aliphatic heterocycles. The lowest BCUT2D eigenvalue weighted by Gasteiger charge is -2.33. The molecule has 2 amide bonds. The quantitative estimate of drug-likeness (QED) is 0.849. The van der Waals surface area contributed by atoms with E-state index in [1.165, 1.54) is 17.0 Å². The van der Waals surface area contributed by atoms with E-state index >= 15 is 0 Å². The van der Waals surface area contributed by atoms with Crippen LogP contribution in [0.15, 0.2) is 12.1 Å². The second-order valence-electron chi connectivity index (χ2n) is 7.45. The predicted octanol–water partition coefficient (Wildman–Crippen LogP) is 2.57. The average molecular weight is 360 g/mol. The van der Waals surface area contributed by atoms with Crippen molar-refractivity contribution in [3.05, 3.63) is 29.1 Å². The van der Waals surface area contributed by atoms with Crippen molar-refractivity contribution < 1.29 is 23.9 Å². The van der Waals surface area contributed by atoms with Gasteiger partial charge in [0.05, 0.1) is 5.56 Å². The molecule has 0 spiro atoms. The number of hydrogen-bond donors (Lipinski definition) is 2. The highest BCUT2D eigenvalue weighted by atomic mass is 19.1. The monoisotopic (exact) mass is 360 g/mol.